The molecular weight excluding hydrogens is 416 g/mol. The summed E-state index contributed by atoms with van der Waals surface area (Å²) in [5.74, 6) is 0.124. The number of esters is 2. The fourth-order valence-electron chi connectivity index (χ4n) is 3.30. The van der Waals surface area contributed by atoms with Gasteiger partial charge in [-0.2, -0.15) is 0 Å². The van der Waals surface area contributed by atoms with E-state index >= 15 is 0 Å². The Bertz CT molecular complexity index is 840. The van der Waals surface area contributed by atoms with Crippen LogP contribution in [0.1, 0.15) is 68.6 Å². The molecule has 2 rings (SSSR count). The SMILES string of the molecule is C=CC(=O)OCCCCOc1ccc(-c2ccc(C(=O)OCCCCCCCC)cc2)cc1. The minimum absolute atomic E-state index is 0.266. The smallest absolute Gasteiger partial charge is 0.338 e. The minimum atomic E-state index is -0.399. The van der Waals surface area contributed by atoms with Crippen molar-refractivity contribution < 1.29 is 23.8 Å². The van der Waals surface area contributed by atoms with E-state index in [1.807, 2.05) is 48.5 Å². The molecule has 0 radical (unpaired) electrons. The van der Waals surface area contributed by atoms with Gasteiger partial charge in [0.2, 0.25) is 0 Å². The highest BCUT2D eigenvalue weighted by atomic mass is 16.5. The van der Waals surface area contributed by atoms with E-state index in [2.05, 4.69) is 13.5 Å². The Hall–Kier alpha value is -3.08. The summed E-state index contributed by atoms with van der Waals surface area (Å²) in [6.45, 7) is 6.97. The molecule has 0 amide bonds. The van der Waals surface area contributed by atoms with Crippen LogP contribution in [0.3, 0.4) is 0 Å². The lowest BCUT2D eigenvalue weighted by Crippen LogP contribution is -2.06. The fourth-order valence-corrected chi connectivity index (χ4v) is 3.30. The average molecular weight is 453 g/mol. The zero-order valence-electron chi connectivity index (χ0n) is 19.7. The van der Waals surface area contributed by atoms with Crippen LogP contribution in [0.15, 0.2) is 61.2 Å². The summed E-state index contributed by atoms with van der Waals surface area (Å²) in [6, 6.07) is 15.3. The molecule has 0 aliphatic heterocycles. The van der Waals surface area contributed by atoms with Crippen LogP contribution in [-0.4, -0.2) is 31.8 Å². The van der Waals surface area contributed by atoms with E-state index in [1.54, 1.807) is 0 Å². The van der Waals surface area contributed by atoms with Crippen LogP contribution in [0.5, 0.6) is 5.75 Å². The van der Waals surface area contributed by atoms with Crippen LogP contribution in [0.4, 0.5) is 0 Å². The molecular formula is C28H36O5. The number of rotatable bonds is 16. The summed E-state index contributed by atoms with van der Waals surface area (Å²) in [5.41, 5.74) is 2.65. The van der Waals surface area contributed by atoms with Crippen molar-refractivity contribution in [2.75, 3.05) is 19.8 Å². The van der Waals surface area contributed by atoms with Crippen molar-refractivity contribution in [3.63, 3.8) is 0 Å². The first-order chi connectivity index (χ1) is 16.1. The largest absolute Gasteiger partial charge is 0.494 e. The maximum atomic E-state index is 12.2. The molecule has 2 aromatic rings. The Morgan fingerprint density at radius 1 is 0.727 bits per heavy atom. The number of unbranched alkanes of at least 4 members (excludes halogenated alkanes) is 6. The van der Waals surface area contributed by atoms with E-state index in [9.17, 15) is 9.59 Å². The molecule has 0 bridgehead atoms. The minimum Gasteiger partial charge on any atom is -0.494 e. The van der Waals surface area contributed by atoms with Gasteiger partial charge in [-0.3, -0.25) is 0 Å². The number of benzene rings is 2. The van der Waals surface area contributed by atoms with E-state index in [4.69, 9.17) is 14.2 Å². The number of carbonyl (C=O) groups is 2. The molecule has 0 saturated heterocycles. The molecule has 0 aliphatic rings. The van der Waals surface area contributed by atoms with Crippen molar-refractivity contribution in [1.82, 2.24) is 0 Å². The molecule has 0 spiro atoms. The van der Waals surface area contributed by atoms with E-state index in [1.165, 1.54) is 25.7 Å². The maximum absolute atomic E-state index is 12.2. The highest BCUT2D eigenvalue weighted by Gasteiger charge is 2.07. The predicted molar refractivity (Wildman–Crippen MR) is 131 cm³/mol. The lowest BCUT2D eigenvalue weighted by molar-refractivity contribution is -0.137. The molecule has 0 unspecified atom stereocenters. The van der Waals surface area contributed by atoms with E-state index in [0.29, 0.717) is 25.4 Å². The molecule has 0 atom stereocenters. The Balaban J connectivity index is 1.70. The zero-order chi connectivity index (χ0) is 23.7. The van der Waals surface area contributed by atoms with Gasteiger partial charge in [0.05, 0.1) is 25.4 Å². The first kappa shape index (κ1) is 26.2. The molecule has 0 aromatic heterocycles. The molecule has 5 heteroatoms. The Morgan fingerprint density at radius 2 is 1.27 bits per heavy atom. The van der Waals surface area contributed by atoms with Gasteiger partial charge in [-0.05, 0) is 54.7 Å². The van der Waals surface area contributed by atoms with Gasteiger partial charge in [0, 0.05) is 6.08 Å². The molecule has 0 fully saturated rings. The third-order valence-electron chi connectivity index (χ3n) is 5.26. The highest BCUT2D eigenvalue weighted by molar-refractivity contribution is 5.90. The Labute approximate surface area is 197 Å². The second-order valence-corrected chi connectivity index (χ2v) is 7.93. The topological polar surface area (TPSA) is 61.8 Å². The third kappa shape index (κ3) is 10.4. The number of ether oxygens (including phenoxy) is 3. The Kier molecular flexibility index (Phi) is 12.4. The van der Waals surface area contributed by atoms with E-state index < -0.39 is 5.97 Å². The molecule has 5 nitrogen and oxygen atoms in total. The summed E-state index contributed by atoms with van der Waals surface area (Å²) in [4.78, 5) is 23.2. The van der Waals surface area contributed by atoms with Gasteiger partial charge in [-0.15, -0.1) is 0 Å². The molecule has 2 aromatic carbocycles. The molecule has 33 heavy (non-hydrogen) atoms. The van der Waals surface area contributed by atoms with Crippen LogP contribution in [0, 0.1) is 0 Å². The van der Waals surface area contributed by atoms with Gasteiger partial charge < -0.3 is 14.2 Å². The first-order valence-corrected chi connectivity index (χ1v) is 11.9. The van der Waals surface area contributed by atoms with E-state index in [0.717, 1.165) is 48.6 Å². The summed E-state index contributed by atoms with van der Waals surface area (Å²) in [5, 5.41) is 0. The quantitative estimate of drug-likeness (QED) is 0.160. The van der Waals surface area contributed by atoms with Crippen molar-refractivity contribution in [1.29, 1.82) is 0 Å². The molecule has 178 valence electrons. The van der Waals surface area contributed by atoms with Crippen molar-refractivity contribution in [2.24, 2.45) is 0 Å². The fraction of sp³-hybridized carbons (Fsp3) is 0.429. The number of hydrogen-bond acceptors (Lipinski definition) is 5. The molecule has 0 aliphatic carbocycles. The Morgan fingerprint density at radius 3 is 1.94 bits per heavy atom. The van der Waals surface area contributed by atoms with Crippen molar-refractivity contribution in [3.8, 4) is 16.9 Å². The van der Waals surface area contributed by atoms with Gasteiger partial charge in [0.25, 0.3) is 0 Å². The first-order valence-electron chi connectivity index (χ1n) is 11.9. The summed E-state index contributed by atoms with van der Waals surface area (Å²) in [7, 11) is 0. The monoisotopic (exact) mass is 452 g/mol. The van der Waals surface area contributed by atoms with Crippen LogP contribution >= 0.6 is 0 Å². The third-order valence-corrected chi connectivity index (χ3v) is 5.26. The summed E-state index contributed by atoms with van der Waals surface area (Å²) >= 11 is 0. The van der Waals surface area contributed by atoms with Crippen LogP contribution in [0.25, 0.3) is 11.1 Å². The van der Waals surface area contributed by atoms with Crippen molar-refractivity contribution >= 4 is 11.9 Å². The van der Waals surface area contributed by atoms with Crippen LogP contribution in [0.2, 0.25) is 0 Å². The van der Waals surface area contributed by atoms with Gasteiger partial charge in [-0.1, -0.05) is 69.9 Å². The molecule has 0 saturated carbocycles. The second kappa shape index (κ2) is 15.7. The van der Waals surface area contributed by atoms with Gasteiger partial charge in [0.1, 0.15) is 5.75 Å². The highest BCUT2D eigenvalue weighted by Crippen LogP contribution is 2.23. The number of hydrogen-bond donors (Lipinski definition) is 0. The molecule has 0 heterocycles. The average Bonchev–Trinajstić information content (AvgIpc) is 2.85. The number of carbonyl (C=O) groups excluding carboxylic acids is 2. The summed E-state index contributed by atoms with van der Waals surface area (Å²) < 4.78 is 16.1. The lowest BCUT2D eigenvalue weighted by Gasteiger charge is -2.08. The van der Waals surface area contributed by atoms with Gasteiger partial charge >= 0.3 is 11.9 Å². The predicted octanol–water partition coefficient (Wildman–Crippen LogP) is 6.76. The standard InChI is InChI=1S/C28H36O5/c1-3-5-6-7-8-9-22-33-28(30)25-14-12-23(13-15-25)24-16-18-26(19-17-24)31-20-10-11-21-32-27(29)4-2/h4,12-19H,2-3,5-11,20-22H2,1H3. The normalized spacial score (nSPS) is 10.5. The van der Waals surface area contributed by atoms with Gasteiger partial charge in [0.15, 0.2) is 0 Å². The second-order valence-electron chi connectivity index (χ2n) is 7.93. The van der Waals surface area contributed by atoms with Gasteiger partial charge in [-0.25, -0.2) is 9.59 Å². The molecule has 0 N–H and O–H groups in total. The maximum Gasteiger partial charge on any atom is 0.338 e. The lowest BCUT2D eigenvalue weighted by atomic mass is 10.0. The summed E-state index contributed by atoms with van der Waals surface area (Å²) in [6.07, 6.45) is 9.70. The van der Waals surface area contributed by atoms with E-state index in [-0.39, 0.29) is 5.97 Å². The van der Waals surface area contributed by atoms with Crippen molar-refractivity contribution in [3.05, 3.63) is 66.7 Å². The van der Waals surface area contributed by atoms with Crippen molar-refractivity contribution in [2.45, 2.75) is 58.3 Å². The zero-order valence-corrected chi connectivity index (χ0v) is 19.7. The van der Waals surface area contributed by atoms with Crippen LogP contribution < -0.4 is 4.74 Å². The van der Waals surface area contributed by atoms with Crippen LogP contribution in [-0.2, 0) is 14.3 Å².